The summed E-state index contributed by atoms with van der Waals surface area (Å²) in [5.41, 5.74) is 4.38. The summed E-state index contributed by atoms with van der Waals surface area (Å²) in [4.78, 5) is 8.83. The minimum Gasteiger partial charge on any atom is -0.369 e. The molecule has 0 N–H and O–H groups in total. The molecule has 0 atom stereocenters. The summed E-state index contributed by atoms with van der Waals surface area (Å²) in [6.07, 6.45) is 3.53. The Hall–Kier alpha value is -2.37. The van der Waals surface area contributed by atoms with Crippen LogP contribution < -0.4 is 4.90 Å². The first-order valence-electron chi connectivity index (χ1n) is 8.78. The van der Waals surface area contributed by atoms with Gasteiger partial charge >= 0.3 is 0 Å². The molecule has 4 rings (SSSR count). The third kappa shape index (κ3) is 3.74. The number of piperazine rings is 1. The Morgan fingerprint density at radius 3 is 2.58 bits per heavy atom. The van der Waals surface area contributed by atoms with Crippen molar-refractivity contribution >= 4 is 17.3 Å². The van der Waals surface area contributed by atoms with Crippen LogP contribution in [0.15, 0.2) is 53.3 Å². The van der Waals surface area contributed by atoms with Crippen molar-refractivity contribution in [1.29, 1.82) is 0 Å². The number of hydrogen-bond acceptors (Lipinski definition) is 5. The third-order valence-corrected chi connectivity index (χ3v) is 5.03. The van der Waals surface area contributed by atoms with E-state index in [1.807, 2.05) is 24.3 Å². The first kappa shape index (κ1) is 17.1. The lowest BCUT2D eigenvalue weighted by Gasteiger charge is -2.36. The summed E-state index contributed by atoms with van der Waals surface area (Å²) in [5.74, 6) is 0.893. The van der Waals surface area contributed by atoms with Gasteiger partial charge in [0, 0.05) is 60.9 Å². The number of hydrogen-bond donors (Lipinski definition) is 0. The van der Waals surface area contributed by atoms with Crippen LogP contribution in [-0.2, 0) is 6.54 Å². The molecule has 0 radical (unpaired) electrons. The summed E-state index contributed by atoms with van der Waals surface area (Å²) in [7, 11) is 0. The average molecular weight is 369 g/mol. The van der Waals surface area contributed by atoms with Crippen LogP contribution in [0, 0.1) is 6.92 Å². The van der Waals surface area contributed by atoms with E-state index in [0.717, 1.165) is 54.8 Å². The largest absolute Gasteiger partial charge is 0.369 e. The number of aryl methyl sites for hydroxylation is 1. The normalized spacial score (nSPS) is 15.4. The van der Waals surface area contributed by atoms with E-state index in [-0.39, 0.29) is 0 Å². The van der Waals surface area contributed by atoms with Gasteiger partial charge in [-0.25, -0.2) is 0 Å². The van der Waals surface area contributed by atoms with Crippen LogP contribution in [0.25, 0.3) is 11.3 Å². The topological polar surface area (TPSA) is 45.4 Å². The molecule has 2 aromatic heterocycles. The highest BCUT2D eigenvalue weighted by molar-refractivity contribution is 6.30. The zero-order valence-corrected chi connectivity index (χ0v) is 15.5. The Bertz CT molecular complexity index is 873. The maximum Gasteiger partial charge on any atom is 0.151 e. The Labute approximate surface area is 158 Å². The lowest BCUT2D eigenvalue weighted by atomic mass is 10.1. The molecule has 0 amide bonds. The van der Waals surface area contributed by atoms with E-state index in [0.29, 0.717) is 0 Å². The van der Waals surface area contributed by atoms with E-state index >= 15 is 0 Å². The molecule has 5 nitrogen and oxygen atoms in total. The Kier molecular flexibility index (Phi) is 4.91. The van der Waals surface area contributed by atoms with Crippen LogP contribution in [0.5, 0.6) is 0 Å². The van der Waals surface area contributed by atoms with E-state index in [4.69, 9.17) is 16.1 Å². The maximum absolute atomic E-state index is 6.16. The fraction of sp³-hybridized carbons (Fsp3) is 0.300. The molecule has 1 aromatic carbocycles. The molecular formula is C20H21ClN4O. The predicted octanol–water partition coefficient (Wildman–Crippen LogP) is 4.02. The van der Waals surface area contributed by atoms with E-state index in [2.05, 4.69) is 39.0 Å². The van der Waals surface area contributed by atoms with Crippen LogP contribution >= 0.6 is 11.6 Å². The highest BCUT2D eigenvalue weighted by atomic mass is 35.5. The molecule has 0 bridgehead atoms. The summed E-state index contributed by atoms with van der Waals surface area (Å²) in [6.45, 7) is 6.83. The zero-order chi connectivity index (χ0) is 17.9. The fourth-order valence-corrected chi connectivity index (χ4v) is 3.50. The van der Waals surface area contributed by atoms with E-state index in [1.54, 1.807) is 12.4 Å². The smallest absolute Gasteiger partial charge is 0.151 e. The minimum atomic E-state index is 0.778. The van der Waals surface area contributed by atoms with Crippen molar-refractivity contribution in [3.63, 3.8) is 0 Å². The Balaban J connectivity index is 1.37. The number of halogens is 1. The highest BCUT2D eigenvalue weighted by Gasteiger charge is 2.20. The Morgan fingerprint density at radius 1 is 1.04 bits per heavy atom. The van der Waals surface area contributed by atoms with Crippen molar-refractivity contribution in [2.75, 3.05) is 31.1 Å². The van der Waals surface area contributed by atoms with Gasteiger partial charge in [-0.1, -0.05) is 22.8 Å². The van der Waals surface area contributed by atoms with Crippen LogP contribution in [-0.4, -0.2) is 41.2 Å². The number of pyridine rings is 1. The number of benzene rings is 1. The van der Waals surface area contributed by atoms with Crippen molar-refractivity contribution in [2.45, 2.75) is 13.5 Å². The predicted molar refractivity (Wildman–Crippen MR) is 103 cm³/mol. The zero-order valence-electron chi connectivity index (χ0n) is 14.7. The third-order valence-electron chi connectivity index (χ3n) is 4.80. The number of aromatic nitrogens is 2. The minimum absolute atomic E-state index is 0.778. The molecule has 0 saturated carbocycles. The molecule has 3 aromatic rings. The molecule has 1 aliphatic rings. The second kappa shape index (κ2) is 7.48. The van der Waals surface area contributed by atoms with Crippen LogP contribution in [0.4, 0.5) is 5.69 Å². The second-order valence-electron chi connectivity index (χ2n) is 6.61. The molecule has 0 unspecified atom stereocenters. The molecule has 134 valence electrons. The van der Waals surface area contributed by atoms with Gasteiger partial charge in [0.15, 0.2) is 5.76 Å². The molecule has 26 heavy (non-hydrogen) atoms. The van der Waals surface area contributed by atoms with Crippen molar-refractivity contribution < 1.29 is 4.52 Å². The van der Waals surface area contributed by atoms with Crippen molar-refractivity contribution in [1.82, 2.24) is 15.0 Å². The quantitative estimate of drug-likeness (QED) is 0.696. The number of rotatable bonds is 4. The van der Waals surface area contributed by atoms with Gasteiger partial charge in [-0.2, -0.15) is 0 Å². The van der Waals surface area contributed by atoms with Crippen LogP contribution in [0.2, 0.25) is 5.02 Å². The van der Waals surface area contributed by atoms with Gasteiger partial charge in [-0.05, 0) is 36.8 Å². The van der Waals surface area contributed by atoms with Crippen LogP contribution in [0.3, 0.4) is 0 Å². The van der Waals surface area contributed by atoms with Crippen molar-refractivity contribution in [3.05, 3.63) is 65.1 Å². The van der Waals surface area contributed by atoms with Gasteiger partial charge in [0.25, 0.3) is 0 Å². The molecule has 1 fully saturated rings. The molecule has 1 aliphatic heterocycles. The number of anilines is 1. The molecule has 1 saturated heterocycles. The lowest BCUT2D eigenvalue weighted by molar-refractivity contribution is 0.220. The van der Waals surface area contributed by atoms with E-state index in [1.165, 1.54) is 11.3 Å². The summed E-state index contributed by atoms with van der Waals surface area (Å²) in [5, 5.41) is 4.97. The summed E-state index contributed by atoms with van der Waals surface area (Å²) in [6, 6.07) is 12.0. The monoisotopic (exact) mass is 368 g/mol. The SMILES string of the molecule is Cc1ccc(Cl)cc1N1CCN(Cc2cc(-c3ccncc3)no2)CC1. The summed E-state index contributed by atoms with van der Waals surface area (Å²) < 4.78 is 5.52. The first-order chi connectivity index (χ1) is 12.7. The van der Waals surface area contributed by atoms with Gasteiger partial charge in [0.1, 0.15) is 5.69 Å². The summed E-state index contributed by atoms with van der Waals surface area (Å²) >= 11 is 6.16. The van der Waals surface area contributed by atoms with Gasteiger partial charge in [-0.3, -0.25) is 9.88 Å². The molecule has 0 spiro atoms. The fourth-order valence-electron chi connectivity index (χ4n) is 3.34. The van der Waals surface area contributed by atoms with Crippen LogP contribution in [0.1, 0.15) is 11.3 Å². The van der Waals surface area contributed by atoms with Crippen molar-refractivity contribution in [3.8, 4) is 11.3 Å². The van der Waals surface area contributed by atoms with Gasteiger partial charge in [0.2, 0.25) is 0 Å². The lowest BCUT2D eigenvalue weighted by Crippen LogP contribution is -2.46. The number of nitrogens with zero attached hydrogens (tertiary/aromatic N) is 4. The van der Waals surface area contributed by atoms with Gasteiger partial charge < -0.3 is 9.42 Å². The Morgan fingerprint density at radius 2 is 1.81 bits per heavy atom. The molecule has 3 heterocycles. The van der Waals surface area contributed by atoms with E-state index < -0.39 is 0 Å². The maximum atomic E-state index is 6.16. The standard InChI is InChI=1S/C20H21ClN4O/c1-15-2-3-17(21)12-20(15)25-10-8-24(9-11-25)14-18-13-19(23-26-18)16-4-6-22-7-5-16/h2-7,12-13H,8-11,14H2,1H3. The van der Waals surface area contributed by atoms with E-state index in [9.17, 15) is 0 Å². The second-order valence-corrected chi connectivity index (χ2v) is 7.04. The van der Waals surface area contributed by atoms with Gasteiger partial charge in [0.05, 0.1) is 6.54 Å². The molecule has 0 aliphatic carbocycles. The first-order valence-corrected chi connectivity index (χ1v) is 9.16. The highest BCUT2D eigenvalue weighted by Crippen LogP contribution is 2.26. The molecule has 6 heteroatoms. The van der Waals surface area contributed by atoms with Crippen molar-refractivity contribution in [2.24, 2.45) is 0 Å². The van der Waals surface area contributed by atoms with Gasteiger partial charge in [-0.15, -0.1) is 0 Å². The average Bonchev–Trinajstić information content (AvgIpc) is 3.14. The molecular weight excluding hydrogens is 348 g/mol.